The molecule has 0 saturated heterocycles. The number of hydrogen-bond donors (Lipinski definition) is 1. The smallest absolute Gasteiger partial charge is 0.221 e. The van der Waals surface area contributed by atoms with Crippen LogP contribution in [0.3, 0.4) is 0 Å². The van der Waals surface area contributed by atoms with Crippen molar-refractivity contribution in [2.75, 3.05) is 6.61 Å². The predicted molar refractivity (Wildman–Crippen MR) is 59.5 cm³/mol. The molecule has 1 heterocycles. The molecule has 1 unspecified atom stereocenters. The molecule has 0 radical (unpaired) electrons. The molecule has 1 aliphatic heterocycles. The molecule has 0 spiro atoms. The van der Waals surface area contributed by atoms with Crippen LogP contribution in [0.2, 0.25) is 0 Å². The summed E-state index contributed by atoms with van der Waals surface area (Å²) >= 11 is 0. The zero-order valence-electron chi connectivity index (χ0n) is 9.23. The first-order valence-corrected chi connectivity index (χ1v) is 5.39. The molecule has 0 fully saturated rings. The molecule has 86 valence electrons. The third kappa shape index (κ3) is 2.27. The molecule has 1 aromatic carbocycles. The van der Waals surface area contributed by atoms with Gasteiger partial charge in [0.2, 0.25) is 5.91 Å². The maximum atomic E-state index is 10.8. The minimum atomic E-state index is -0.331. The van der Waals surface area contributed by atoms with Gasteiger partial charge in [0.25, 0.3) is 0 Å². The molecule has 1 atom stereocenters. The van der Waals surface area contributed by atoms with Gasteiger partial charge in [0.15, 0.2) is 0 Å². The van der Waals surface area contributed by atoms with Gasteiger partial charge in [-0.3, -0.25) is 4.79 Å². The third-order valence-electron chi connectivity index (χ3n) is 2.51. The molecule has 4 heteroatoms. The van der Waals surface area contributed by atoms with Gasteiger partial charge in [0.05, 0.1) is 13.0 Å². The number of nitrogens with two attached hydrogens (primary N) is 1. The van der Waals surface area contributed by atoms with Crippen LogP contribution in [-0.4, -0.2) is 18.6 Å². The van der Waals surface area contributed by atoms with Gasteiger partial charge in [0.1, 0.15) is 17.6 Å². The second-order valence-electron chi connectivity index (χ2n) is 3.82. The maximum Gasteiger partial charge on any atom is 0.221 e. The van der Waals surface area contributed by atoms with E-state index >= 15 is 0 Å². The van der Waals surface area contributed by atoms with Crippen LogP contribution in [0.15, 0.2) is 18.2 Å². The highest BCUT2D eigenvalue weighted by molar-refractivity contribution is 5.74. The Kier molecular flexibility index (Phi) is 2.99. The van der Waals surface area contributed by atoms with Crippen molar-refractivity contribution in [1.82, 2.24) is 0 Å². The molecule has 1 aromatic rings. The van der Waals surface area contributed by atoms with Crippen molar-refractivity contribution in [3.63, 3.8) is 0 Å². The van der Waals surface area contributed by atoms with E-state index in [0.29, 0.717) is 6.61 Å². The Bertz CT molecular complexity index is 403. The van der Waals surface area contributed by atoms with Gasteiger partial charge in [-0.05, 0) is 25.1 Å². The zero-order chi connectivity index (χ0) is 11.5. The molecule has 0 aromatic heterocycles. The van der Waals surface area contributed by atoms with E-state index in [-0.39, 0.29) is 18.4 Å². The molecule has 0 saturated carbocycles. The summed E-state index contributed by atoms with van der Waals surface area (Å²) in [6, 6.07) is 5.70. The molecular weight excluding hydrogens is 206 g/mol. The lowest BCUT2D eigenvalue weighted by molar-refractivity contribution is -0.119. The van der Waals surface area contributed by atoms with Crippen molar-refractivity contribution in [1.29, 1.82) is 0 Å². The molecule has 2 rings (SSSR count). The Balaban J connectivity index is 2.08. The van der Waals surface area contributed by atoms with Gasteiger partial charge in [-0.15, -0.1) is 0 Å². The minimum Gasteiger partial charge on any atom is -0.494 e. The van der Waals surface area contributed by atoms with Crippen molar-refractivity contribution < 1.29 is 14.3 Å². The first-order chi connectivity index (χ1) is 7.69. The zero-order valence-corrected chi connectivity index (χ0v) is 9.23. The number of carbonyl (C=O) groups is 1. The largest absolute Gasteiger partial charge is 0.494 e. The van der Waals surface area contributed by atoms with E-state index in [4.69, 9.17) is 15.2 Å². The quantitative estimate of drug-likeness (QED) is 0.832. The number of hydrogen-bond acceptors (Lipinski definition) is 3. The Morgan fingerprint density at radius 3 is 3.12 bits per heavy atom. The van der Waals surface area contributed by atoms with Crippen molar-refractivity contribution in [2.24, 2.45) is 5.73 Å². The standard InChI is InChI=1S/C12H15NO3/c1-2-15-9-3-4-11-8(5-9)6-10(16-11)7-12(13)14/h3-5,10H,2,6-7H2,1H3,(H2,13,14). The maximum absolute atomic E-state index is 10.8. The molecule has 1 aliphatic rings. The lowest BCUT2D eigenvalue weighted by Crippen LogP contribution is -2.23. The van der Waals surface area contributed by atoms with E-state index in [1.54, 1.807) is 0 Å². The van der Waals surface area contributed by atoms with Gasteiger partial charge < -0.3 is 15.2 Å². The van der Waals surface area contributed by atoms with Crippen molar-refractivity contribution >= 4 is 5.91 Å². The monoisotopic (exact) mass is 221 g/mol. The summed E-state index contributed by atoms with van der Waals surface area (Å²) < 4.78 is 11.0. The highest BCUT2D eigenvalue weighted by Gasteiger charge is 2.24. The number of carbonyl (C=O) groups excluding carboxylic acids is 1. The van der Waals surface area contributed by atoms with Crippen LogP contribution in [0.4, 0.5) is 0 Å². The van der Waals surface area contributed by atoms with Gasteiger partial charge in [-0.2, -0.15) is 0 Å². The Labute approximate surface area is 94.3 Å². The average Bonchev–Trinajstić information content (AvgIpc) is 2.58. The van der Waals surface area contributed by atoms with Crippen LogP contribution in [-0.2, 0) is 11.2 Å². The van der Waals surface area contributed by atoms with Crippen molar-refractivity contribution in [2.45, 2.75) is 25.9 Å². The summed E-state index contributed by atoms with van der Waals surface area (Å²) in [6.07, 6.45) is 0.863. The van der Waals surface area contributed by atoms with Crippen LogP contribution in [0.5, 0.6) is 11.5 Å². The summed E-state index contributed by atoms with van der Waals surface area (Å²) in [4.78, 5) is 10.8. The second-order valence-corrected chi connectivity index (χ2v) is 3.82. The van der Waals surface area contributed by atoms with Crippen molar-refractivity contribution in [3.8, 4) is 11.5 Å². The fourth-order valence-electron chi connectivity index (χ4n) is 1.89. The van der Waals surface area contributed by atoms with Crippen LogP contribution < -0.4 is 15.2 Å². The van der Waals surface area contributed by atoms with E-state index in [2.05, 4.69) is 0 Å². The minimum absolute atomic E-state index is 0.121. The van der Waals surface area contributed by atoms with Crippen LogP contribution >= 0.6 is 0 Å². The molecule has 1 amide bonds. The Morgan fingerprint density at radius 2 is 2.44 bits per heavy atom. The molecular formula is C12H15NO3. The Hall–Kier alpha value is -1.71. The predicted octanol–water partition coefficient (Wildman–Crippen LogP) is 1.26. The van der Waals surface area contributed by atoms with Crippen LogP contribution in [0.25, 0.3) is 0 Å². The highest BCUT2D eigenvalue weighted by Crippen LogP contribution is 2.32. The topological polar surface area (TPSA) is 61.5 Å². The van der Waals surface area contributed by atoms with Gasteiger partial charge >= 0.3 is 0 Å². The molecule has 0 bridgehead atoms. The summed E-state index contributed by atoms with van der Waals surface area (Å²) in [6.45, 7) is 2.59. The number of primary amides is 1. The fourth-order valence-corrected chi connectivity index (χ4v) is 1.89. The number of fused-ring (bicyclic) bond motifs is 1. The number of ether oxygens (including phenoxy) is 2. The molecule has 2 N–H and O–H groups in total. The summed E-state index contributed by atoms with van der Waals surface area (Å²) in [7, 11) is 0. The fraction of sp³-hybridized carbons (Fsp3) is 0.417. The normalized spacial score (nSPS) is 17.7. The van der Waals surface area contributed by atoms with E-state index in [1.165, 1.54) is 0 Å². The SMILES string of the molecule is CCOc1ccc2c(c1)CC(CC(N)=O)O2. The van der Waals surface area contributed by atoms with E-state index in [9.17, 15) is 4.79 Å². The third-order valence-corrected chi connectivity index (χ3v) is 2.51. The summed E-state index contributed by atoms with van der Waals surface area (Å²) in [5.74, 6) is 1.34. The van der Waals surface area contributed by atoms with Gasteiger partial charge in [-0.1, -0.05) is 0 Å². The second kappa shape index (κ2) is 4.43. The number of benzene rings is 1. The van der Waals surface area contributed by atoms with Crippen LogP contribution in [0.1, 0.15) is 18.9 Å². The van der Waals surface area contributed by atoms with Gasteiger partial charge in [-0.25, -0.2) is 0 Å². The Morgan fingerprint density at radius 1 is 1.62 bits per heavy atom. The van der Waals surface area contributed by atoms with Gasteiger partial charge in [0, 0.05) is 12.0 Å². The number of rotatable bonds is 4. The number of amides is 1. The first-order valence-electron chi connectivity index (χ1n) is 5.39. The van der Waals surface area contributed by atoms with E-state index < -0.39 is 0 Å². The highest BCUT2D eigenvalue weighted by atomic mass is 16.5. The lowest BCUT2D eigenvalue weighted by Gasteiger charge is -2.07. The average molecular weight is 221 g/mol. The van der Waals surface area contributed by atoms with Crippen molar-refractivity contribution in [3.05, 3.63) is 23.8 Å². The lowest BCUT2D eigenvalue weighted by atomic mass is 10.1. The molecule has 0 aliphatic carbocycles. The van der Waals surface area contributed by atoms with E-state index in [0.717, 1.165) is 23.5 Å². The summed E-state index contributed by atoms with van der Waals surface area (Å²) in [5, 5.41) is 0. The molecule has 4 nitrogen and oxygen atoms in total. The first kappa shape index (κ1) is 10.8. The van der Waals surface area contributed by atoms with E-state index in [1.807, 2.05) is 25.1 Å². The van der Waals surface area contributed by atoms with Crippen LogP contribution in [0, 0.1) is 0 Å². The molecule has 16 heavy (non-hydrogen) atoms. The summed E-state index contributed by atoms with van der Waals surface area (Å²) in [5.41, 5.74) is 6.22.